The molecule has 0 amide bonds. The van der Waals surface area contributed by atoms with Gasteiger partial charge in [0, 0.05) is 12.6 Å². The maximum absolute atomic E-state index is 11.6. The number of methoxy groups -OCH3 is 1. The molecule has 1 aromatic rings. The lowest BCUT2D eigenvalue weighted by atomic mass is 9.86. The number of hydrogen-bond donors (Lipinski definition) is 1. The van der Waals surface area contributed by atoms with Gasteiger partial charge in [0.1, 0.15) is 12.3 Å². The van der Waals surface area contributed by atoms with E-state index < -0.39 is 0 Å². The standard InChI is InChI=1S/C11H18N2O3/c1-11(2,3)9(10(14)15-4)12-7-8-5-6-16-13-8/h5-6,9,12H,7H2,1-4H3. The topological polar surface area (TPSA) is 64.4 Å². The van der Waals surface area contributed by atoms with Gasteiger partial charge in [0.05, 0.1) is 12.8 Å². The molecule has 0 spiro atoms. The predicted molar refractivity (Wildman–Crippen MR) is 58.6 cm³/mol. The lowest BCUT2D eigenvalue weighted by Crippen LogP contribution is -2.46. The largest absolute Gasteiger partial charge is 0.468 e. The number of nitrogens with one attached hydrogen (secondary N) is 1. The first kappa shape index (κ1) is 12.7. The fourth-order valence-electron chi connectivity index (χ4n) is 1.40. The molecule has 1 heterocycles. The van der Waals surface area contributed by atoms with Gasteiger partial charge in [-0.15, -0.1) is 0 Å². The molecule has 1 aromatic heterocycles. The Morgan fingerprint density at radius 1 is 1.62 bits per heavy atom. The second-order valence-corrected chi connectivity index (χ2v) is 4.69. The molecule has 1 N–H and O–H groups in total. The number of nitrogens with zero attached hydrogens (tertiary/aromatic N) is 1. The van der Waals surface area contributed by atoms with E-state index in [0.717, 1.165) is 5.69 Å². The summed E-state index contributed by atoms with van der Waals surface area (Å²) in [5, 5.41) is 6.88. The summed E-state index contributed by atoms with van der Waals surface area (Å²) < 4.78 is 9.48. The Bertz CT molecular complexity index is 327. The van der Waals surface area contributed by atoms with Crippen LogP contribution in [0.4, 0.5) is 0 Å². The molecular formula is C11H18N2O3. The number of hydrogen-bond acceptors (Lipinski definition) is 5. The molecule has 1 atom stereocenters. The highest BCUT2D eigenvalue weighted by molar-refractivity contribution is 5.76. The highest BCUT2D eigenvalue weighted by Crippen LogP contribution is 2.20. The summed E-state index contributed by atoms with van der Waals surface area (Å²) in [5.74, 6) is -0.268. The predicted octanol–water partition coefficient (Wildman–Crippen LogP) is 1.35. The molecular weight excluding hydrogens is 208 g/mol. The highest BCUT2D eigenvalue weighted by atomic mass is 16.5. The maximum Gasteiger partial charge on any atom is 0.323 e. The average molecular weight is 226 g/mol. The smallest absolute Gasteiger partial charge is 0.323 e. The van der Waals surface area contributed by atoms with Crippen LogP contribution in [0, 0.1) is 5.41 Å². The van der Waals surface area contributed by atoms with Crippen molar-refractivity contribution in [2.45, 2.75) is 33.4 Å². The zero-order chi connectivity index (χ0) is 12.2. The van der Waals surface area contributed by atoms with Crippen molar-refractivity contribution >= 4 is 5.97 Å². The second-order valence-electron chi connectivity index (χ2n) is 4.69. The quantitative estimate of drug-likeness (QED) is 0.785. The van der Waals surface area contributed by atoms with Gasteiger partial charge >= 0.3 is 5.97 Å². The Morgan fingerprint density at radius 3 is 2.75 bits per heavy atom. The molecule has 0 aliphatic heterocycles. The van der Waals surface area contributed by atoms with Crippen molar-refractivity contribution in [3.63, 3.8) is 0 Å². The molecule has 1 unspecified atom stereocenters. The number of ether oxygens (including phenoxy) is 1. The van der Waals surface area contributed by atoms with Gasteiger partial charge in [-0.05, 0) is 5.41 Å². The summed E-state index contributed by atoms with van der Waals surface area (Å²) in [4.78, 5) is 11.6. The molecule has 0 fully saturated rings. The number of carbonyl (C=O) groups is 1. The third kappa shape index (κ3) is 3.34. The lowest BCUT2D eigenvalue weighted by Gasteiger charge is -2.28. The first-order valence-corrected chi connectivity index (χ1v) is 5.15. The molecule has 90 valence electrons. The Labute approximate surface area is 95.1 Å². The van der Waals surface area contributed by atoms with Crippen LogP contribution in [-0.2, 0) is 16.1 Å². The van der Waals surface area contributed by atoms with E-state index in [0.29, 0.717) is 6.54 Å². The molecule has 16 heavy (non-hydrogen) atoms. The van der Waals surface area contributed by atoms with E-state index in [4.69, 9.17) is 9.26 Å². The molecule has 0 aliphatic carbocycles. The molecule has 0 saturated heterocycles. The second kappa shape index (κ2) is 5.12. The SMILES string of the molecule is COC(=O)C(NCc1ccon1)C(C)(C)C. The van der Waals surface area contributed by atoms with Crippen molar-refractivity contribution < 1.29 is 14.1 Å². The van der Waals surface area contributed by atoms with Crippen LogP contribution >= 0.6 is 0 Å². The zero-order valence-corrected chi connectivity index (χ0v) is 10.1. The fourth-order valence-corrected chi connectivity index (χ4v) is 1.40. The maximum atomic E-state index is 11.6. The number of carbonyl (C=O) groups excluding carboxylic acids is 1. The van der Waals surface area contributed by atoms with Gasteiger partial charge in [-0.1, -0.05) is 25.9 Å². The third-order valence-electron chi connectivity index (χ3n) is 2.28. The van der Waals surface area contributed by atoms with Crippen LogP contribution in [0.25, 0.3) is 0 Å². The average Bonchev–Trinajstić information content (AvgIpc) is 2.68. The Kier molecular flexibility index (Phi) is 4.06. The van der Waals surface area contributed by atoms with E-state index in [1.807, 2.05) is 20.8 Å². The normalized spacial score (nSPS) is 13.5. The molecule has 1 rings (SSSR count). The molecule has 0 aromatic carbocycles. The van der Waals surface area contributed by atoms with Gasteiger partial charge in [0.15, 0.2) is 0 Å². The van der Waals surface area contributed by atoms with Crippen LogP contribution in [0.15, 0.2) is 16.9 Å². The fraction of sp³-hybridized carbons (Fsp3) is 0.636. The molecule has 0 saturated carbocycles. The van der Waals surface area contributed by atoms with Crippen molar-refractivity contribution in [2.24, 2.45) is 5.41 Å². The Hall–Kier alpha value is -1.36. The first-order chi connectivity index (χ1) is 7.45. The summed E-state index contributed by atoms with van der Waals surface area (Å²) >= 11 is 0. The van der Waals surface area contributed by atoms with Crippen molar-refractivity contribution in [1.29, 1.82) is 0 Å². The van der Waals surface area contributed by atoms with Gasteiger partial charge in [-0.3, -0.25) is 10.1 Å². The van der Waals surface area contributed by atoms with Crippen LogP contribution in [0.5, 0.6) is 0 Å². The Balaban J connectivity index is 2.61. The van der Waals surface area contributed by atoms with Gasteiger partial charge in [0.25, 0.3) is 0 Å². The minimum atomic E-state index is -0.366. The van der Waals surface area contributed by atoms with E-state index in [-0.39, 0.29) is 17.4 Å². The third-order valence-corrected chi connectivity index (χ3v) is 2.28. The van der Waals surface area contributed by atoms with Crippen LogP contribution in [-0.4, -0.2) is 24.3 Å². The zero-order valence-electron chi connectivity index (χ0n) is 10.1. The van der Waals surface area contributed by atoms with Crippen molar-refractivity contribution in [3.05, 3.63) is 18.0 Å². The number of rotatable bonds is 4. The molecule has 0 aliphatic rings. The molecule has 5 heteroatoms. The van der Waals surface area contributed by atoms with Crippen molar-refractivity contribution in [1.82, 2.24) is 10.5 Å². The first-order valence-electron chi connectivity index (χ1n) is 5.15. The molecule has 5 nitrogen and oxygen atoms in total. The van der Waals surface area contributed by atoms with E-state index in [1.54, 1.807) is 6.07 Å². The van der Waals surface area contributed by atoms with Gasteiger partial charge < -0.3 is 9.26 Å². The molecule has 0 bridgehead atoms. The van der Waals surface area contributed by atoms with Gasteiger partial charge in [0.2, 0.25) is 0 Å². The summed E-state index contributed by atoms with van der Waals surface area (Å²) in [6.07, 6.45) is 1.50. The minimum Gasteiger partial charge on any atom is -0.468 e. The van der Waals surface area contributed by atoms with Gasteiger partial charge in [-0.25, -0.2) is 0 Å². The monoisotopic (exact) mass is 226 g/mol. The molecule has 0 radical (unpaired) electrons. The summed E-state index contributed by atoms with van der Waals surface area (Å²) in [5.41, 5.74) is 0.551. The summed E-state index contributed by atoms with van der Waals surface area (Å²) in [6, 6.07) is 1.39. The summed E-state index contributed by atoms with van der Waals surface area (Å²) in [7, 11) is 1.39. The van der Waals surface area contributed by atoms with E-state index in [9.17, 15) is 4.79 Å². The minimum absolute atomic E-state index is 0.211. The summed E-state index contributed by atoms with van der Waals surface area (Å²) in [6.45, 7) is 6.41. The van der Waals surface area contributed by atoms with Crippen LogP contribution in [0.1, 0.15) is 26.5 Å². The number of aromatic nitrogens is 1. The lowest BCUT2D eigenvalue weighted by molar-refractivity contribution is -0.146. The van der Waals surface area contributed by atoms with E-state index >= 15 is 0 Å². The van der Waals surface area contributed by atoms with E-state index in [2.05, 4.69) is 10.5 Å². The van der Waals surface area contributed by atoms with Gasteiger partial charge in [-0.2, -0.15) is 0 Å². The van der Waals surface area contributed by atoms with Crippen molar-refractivity contribution in [2.75, 3.05) is 7.11 Å². The van der Waals surface area contributed by atoms with Crippen molar-refractivity contribution in [3.8, 4) is 0 Å². The van der Waals surface area contributed by atoms with Crippen LogP contribution < -0.4 is 5.32 Å². The highest BCUT2D eigenvalue weighted by Gasteiger charge is 2.31. The van der Waals surface area contributed by atoms with Crippen LogP contribution in [0.2, 0.25) is 0 Å². The number of esters is 1. The Morgan fingerprint density at radius 2 is 2.31 bits per heavy atom. The van der Waals surface area contributed by atoms with E-state index in [1.165, 1.54) is 13.4 Å². The van der Waals surface area contributed by atoms with Crippen LogP contribution in [0.3, 0.4) is 0 Å².